The van der Waals surface area contributed by atoms with E-state index in [1.165, 1.54) is 57.7 Å². The molecule has 0 aliphatic carbocycles. The molecule has 2 N–H and O–H groups in total. The molecule has 0 atom stereocenters. The first-order chi connectivity index (χ1) is 12.7. The molecule has 2 rings (SSSR count). The standard InChI is InChI=1S/C20H34ClN5/c1-3-25-13-15-26(16-14-25)12-5-4-10-23-20(22-2)24-11-9-18-7-6-8-19(21)17-18/h6-8,17H,3-5,9-16H2,1-2H3,(H2,22,23,24). The summed E-state index contributed by atoms with van der Waals surface area (Å²) in [4.78, 5) is 9.41. The zero-order valence-electron chi connectivity index (χ0n) is 16.3. The van der Waals surface area contributed by atoms with Crippen molar-refractivity contribution in [1.82, 2.24) is 20.4 Å². The molecule has 0 spiro atoms. The highest BCUT2D eigenvalue weighted by Crippen LogP contribution is 2.10. The lowest BCUT2D eigenvalue weighted by Gasteiger charge is -2.34. The van der Waals surface area contributed by atoms with Crippen LogP contribution < -0.4 is 10.6 Å². The molecule has 1 aliphatic heterocycles. The van der Waals surface area contributed by atoms with E-state index in [0.717, 1.165) is 30.5 Å². The average molecular weight is 380 g/mol. The summed E-state index contributed by atoms with van der Waals surface area (Å²) in [5.74, 6) is 0.878. The van der Waals surface area contributed by atoms with Gasteiger partial charge in [0.05, 0.1) is 0 Å². The number of halogens is 1. The van der Waals surface area contributed by atoms with Crippen molar-refractivity contribution >= 4 is 17.6 Å². The van der Waals surface area contributed by atoms with E-state index in [4.69, 9.17) is 11.6 Å². The molecule has 0 bridgehead atoms. The fourth-order valence-corrected chi connectivity index (χ4v) is 3.45. The number of aliphatic imine (C=N–C) groups is 1. The summed E-state index contributed by atoms with van der Waals surface area (Å²) in [6, 6.07) is 8.01. The van der Waals surface area contributed by atoms with E-state index in [1.807, 2.05) is 25.2 Å². The Labute approximate surface area is 163 Å². The molecule has 1 aromatic carbocycles. The van der Waals surface area contributed by atoms with Gasteiger partial charge in [0.2, 0.25) is 0 Å². The Kier molecular flexibility index (Phi) is 9.82. The topological polar surface area (TPSA) is 42.9 Å². The monoisotopic (exact) mass is 379 g/mol. The molecule has 146 valence electrons. The number of piperazine rings is 1. The number of unbranched alkanes of at least 4 members (excludes halogenated alkanes) is 1. The average Bonchev–Trinajstić information content (AvgIpc) is 2.67. The van der Waals surface area contributed by atoms with Crippen molar-refractivity contribution in [2.75, 3.05) is 59.4 Å². The molecular formula is C20H34ClN5. The molecule has 1 aromatic rings. The Balaban J connectivity index is 1.52. The van der Waals surface area contributed by atoms with Crippen LogP contribution in [0.2, 0.25) is 5.02 Å². The van der Waals surface area contributed by atoms with E-state index in [1.54, 1.807) is 0 Å². The van der Waals surface area contributed by atoms with Gasteiger partial charge in [-0.1, -0.05) is 30.7 Å². The number of likely N-dealkylation sites (N-methyl/N-ethyl adjacent to an activating group) is 1. The molecule has 0 radical (unpaired) electrons. The van der Waals surface area contributed by atoms with Crippen LogP contribution in [0.15, 0.2) is 29.3 Å². The van der Waals surface area contributed by atoms with E-state index >= 15 is 0 Å². The molecule has 0 unspecified atom stereocenters. The lowest BCUT2D eigenvalue weighted by atomic mass is 10.1. The Bertz CT molecular complexity index is 541. The van der Waals surface area contributed by atoms with E-state index in [-0.39, 0.29) is 0 Å². The third kappa shape index (κ3) is 7.94. The first kappa shape index (κ1) is 21.0. The van der Waals surface area contributed by atoms with Gasteiger partial charge in [-0.2, -0.15) is 0 Å². The first-order valence-corrected chi connectivity index (χ1v) is 10.2. The quantitative estimate of drug-likeness (QED) is 0.393. The van der Waals surface area contributed by atoms with Crippen molar-refractivity contribution in [2.24, 2.45) is 4.99 Å². The minimum atomic E-state index is 0.793. The van der Waals surface area contributed by atoms with Crippen LogP contribution in [0.1, 0.15) is 25.3 Å². The van der Waals surface area contributed by atoms with Crippen molar-refractivity contribution in [1.29, 1.82) is 0 Å². The van der Waals surface area contributed by atoms with Crippen LogP contribution in [0.3, 0.4) is 0 Å². The molecule has 5 nitrogen and oxygen atoms in total. The summed E-state index contributed by atoms with van der Waals surface area (Å²) in [5.41, 5.74) is 1.24. The van der Waals surface area contributed by atoms with Gasteiger partial charge in [-0.25, -0.2) is 0 Å². The smallest absolute Gasteiger partial charge is 0.190 e. The second-order valence-corrected chi connectivity index (χ2v) is 7.23. The minimum absolute atomic E-state index is 0.793. The molecule has 1 heterocycles. The van der Waals surface area contributed by atoms with E-state index < -0.39 is 0 Å². The number of hydrogen-bond donors (Lipinski definition) is 2. The number of hydrogen-bond acceptors (Lipinski definition) is 3. The maximum Gasteiger partial charge on any atom is 0.190 e. The van der Waals surface area contributed by atoms with E-state index in [0.29, 0.717) is 0 Å². The van der Waals surface area contributed by atoms with Crippen molar-refractivity contribution in [3.05, 3.63) is 34.9 Å². The van der Waals surface area contributed by atoms with Gasteiger partial charge < -0.3 is 20.4 Å². The zero-order valence-corrected chi connectivity index (χ0v) is 17.1. The lowest BCUT2D eigenvalue weighted by molar-refractivity contribution is 0.136. The fraction of sp³-hybridized carbons (Fsp3) is 0.650. The van der Waals surface area contributed by atoms with Crippen molar-refractivity contribution in [2.45, 2.75) is 26.2 Å². The second-order valence-electron chi connectivity index (χ2n) is 6.79. The van der Waals surface area contributed by atoms with E-state index in [2.05, 4.69) is 38.4 Å². The highest BCUT2D eigenvalue weighted by atomic mass is 35.5. The Morgan fingerprint density at radius 1 is 1.08 bits per heavy atom. The lowest BCUT2D eigenvalue weighted by Crippen LogP contribution is -2.46. The summed E-state index contributed by atoms with van der Waals surface area (Å²) in [6.45, 7) is 11.3. The number of guanidine groups is 1. The van der Waals surface area contributed by atoms with Gasteiger partial charge >= 0.3 is 0 Å². The first-order valence-electron chi connectivity index (χ1n) is 9.85. The Morgan fingerprint density at radius 3 is 2.50 bits per heavy atom. The maximum absolute atomic E-state index is 6.02. The van der Waals surface area contributed by atoms with Gasteiger partial charge in [0.1, 0.15) is 0 Å². The Hall–Kier alpha value is -1.30. The molecule has 26 heavy (non-hydrogen) atoms. The minimum Gasteiger partial charge on any atom is -0.356 e. The van der Waals surface area contributed by atoms with Gasteiger partial charge in [-0.15, -0.1) is 0 Å². The SMILES string of the molecule is CCN1CCN(CCCCNC(=NC)NCCc2cccc(Cl)c2)CC1. The van der Waals surface area contributed by atoms with Crippen LogP contribution in [-0.2, 0) is 6.42 Å². The molecule has 0 amide bonds. The Morgan fingerprint density at radius 2 is 1.81 bits per heavy atom. The second kappa shape index (κ2) is 12.2. The van der Waals surface area contributed by atoms with Crippen LogP contribution in [0, 0.1) is 0 Å². The van der Waals surface area contributed by atoms with Crippen LogP contribution >= 0.6 is 11.6 Å². The van der Waals surface area contributed by atoms with Crippen molar-refractivity contribution in [3.63, 3.8) is 0 Å². The normalized spacial score (nSPS) is 16.7. The van der Waals surface area contributed by atoms with Gasteiger partial charge in [0, 0.05) is 51.3 Å². The van der Waals surface area contributed by atoms with Crippen LogP contribution in [0.25, 0.3) is 0 Å². The molecular weight excluding hydrogens is 346 g/mol. The molecule has 1 aliphatic rings. The van der Waals surface area contributed by atoms with Crippen LogP contribution in [0.4, 0.5) is 0 Å². The van der Waals surface area contributed by atoms with Crippen molar-refractivity contribution < 1.29 is 0 Å². The van der Waals surface area contributed by atoms with E-state index in [9.17, 15) is 0 Å². The number of nitrogens with zero attached hydrogens (tertiary/aromatic N) is 3. The number of nitrogens with one attached hydrogen (secondary N) is 2. The fourth-order valence-electron chi connectivity index (χ4n) is 3.23. The van der Waals surface area contributed by atoms with Crippen LogP contribution in [0.5, 0.6) is 0 Å². The summed E-state index contributed by atoms with van der Waals surface area (Å²) in [7, 11) is 1.82. The summed E-state index contributed by atoms with van der Waals surface area (Å²) < 4.78 is 0. The summed E-state index contributed by atoms with van der Waals surface area (Å²) in [6.07, 6.45) is 3.34. The summed E-state index contributed by atoms with van der Waals surface area (Å²) >= 11 is 6.02. The largest absolute Gasteiger partial charge is 0.356 e. The number of benzene rings is 1. The van der Waals surface area contributed by atoms with Gasteiger partial charge in [0.15, 0.2) is 5.96 Å². The predicted molar refractivity (Wildman–Crippen MR) is 112 cm³/mol. The van der Waals surface area contributed by atoms with Gasteiger partial charge in [-0.3, -0.25) is 4.99 Å². The molecule has 0 saturated carbocycles. The molecule has 1 saturated heterocycles. The molecule has 1 fully saturated rings. The van der Waals surface area contributed by atoms with Crippen LogP contribution in [-0.4, -0.2) is 75.2 Å². The predicted octanol–water partition coefficient (Wildman–Crippen LogP) is 2.47. The van der Waals surface area contributed by atoms with Crippen molar-refractivity contribution in [3.8, 4) is 0 Å². The molecule has 0 aromatic heterocycles. The number of rotatable bonds is 9. The highest BCUT2D eigenvalue weighted by Gasteiger charge is 2.14. The third-order valence-corrected chi connectivity index (χ3v) is 5.16. The molecule has 6 heteroatoms. The highest BCUT2D eigenvalue weighted by molar-refractivity contribution is 6.30. The summed E-state index contributed by atoms with van der Waals surface area (Å²) in [5, 5.41) is 7.57. The maximum atomic E-state index is 6.02. The van der Waals surface area contributed by atoms with Gasteiger partial charge in [-0.05, 0) is 50.0 Å². The zero-order chi connectivity index (χ0) is 18.6. The van der Waals surface area contributed by atoms with Gasteiger partial charge in [0.25, 0.3) is 0 Å². The third-order valence-electron chi connectivity index (χ3n) is 4.92.